The fourth-order valence-corrected chi connectivity index (χ4v) is 1.69. The van der Waals surface area contributed by atoms with Gasteiger partial charge in [-0.3, -0.25) is 4.99 Å². The molecule has 1 aliphatic heterocycles. The molecule has 0 N–H and O–H groups in total. The highest BCUT2D eigenvalue weighted by molar-refractivity contribution is 5.73. The van der Waals surface area contributed by atoms with E-state index in [2.05, 4.69) is 23.7 Å². The molecule has 1 atom stereocenters. The van der Waals surface area contributed by atoms with Gasteiger partial charge in [0.15, 0.2) is 6.17 Å². The van der Waals surface area contributed by atoms with Gasteiger partial charge in [-0.2, -0.15) is 0 Å². The summed E-state index contributed by atoms with van der Waals surface area (Å²) >= 11 is 0. The maximum Gasteiger partial charge on any atom is 0.159 e. The van der Waals surface area contributed by atoms with Gasteiger partial charge in [0.05, 0.1) is 12.2 Å². The van der Waals surface area contributed by atoms with Crippen molar-refractivity contribution in [1.29, 1.82) is 0 Å². The van der Waals surface area contributed by atoms with E-state index in [9.17, 15) is 4.39 Å². The second-order valence-corrected chi connectivity index (χ2v) is 3.56. The Balaban J connectivity index is 2.64. The smallest absolute Gasteiger partial charge is 0.159 e. The molecule has 0 aromatic rings. The van der Waals surface area contributed by atoms with Crippen LogP contribution in [0.5, 0.6) is 0 Å². The van der Waals surface area contributed by atoms with Crippen molar-refractivity contribution in [3.63, 3.8) is 0 Å². The van der Waals surface area contributed by atoms with E-state index in [1.807, 2.05) is 0 Å². The maximum atomic E-state index is 13.5. The fraction of sp³-hybridized carbons (Fsp3) is 0.727. The van der Waals surface area contributed by atoms with E-state index in [1.54, 1.807) is 12.3 Å². The van der Waals surface area contributed by atoms with Gasteiger partial charge in [0.2, 0.25) is 0 Å². The number of halogens is 1. The van der Waals surface area contributed by atoms with Crippen LogP contribution in [0.4, 0.5) is 4.39 Å². The van der Waals surface area contributed by atoms with E-state index in [0.29, 0.717) is 0 Å². The molecule has 0 aromatic heterocycles. The summed E-state index contributed by atoms with van der Waals surface area (Å²) in [7, 11) is 0. The molecule has 0 aliphatic carbocycles. The van der Waals surface area contributed by atoms with Gasteiger partial charge in [0, 0.05) is 19.3 Å². The fourth-order valence-electron chi connectivity index (χ4n) is 1.69. The van der Waals surface area contributed by atoms with Crippen LogP contribution < -0.4 is 0 Å². The molecule has 2 nitrogen and oxygen atoms in total. The number of dihydropyridines is 1. The van der Waals surface area contributed by atoms with Gasteiger partial charge in [0.1, 0.15) is 0 Å². The molecule has 1 heterocycles. The van der Waals surface area contributed by atoms with Crippen molar-refractivity contribution in [2.24, 2.45) is 4.99 Å². The van der Waals surface area contributed by atoms with E-state index < -0.39 is 6.17 Å². The average molecular weight is 198 g/mol. The summed E-state index contributed by atoms with van der Waals surface area (Å²) in [6.45, 7) is 6.40. The third-order valence-electron chi connectivity index (χ3n) is 2.29. The summed E-state index contributed by atoms with van der Waals surface area (Å²) in [5.41, 5.74) is 0.809. The lowest BCUT2D eigenvalue weighted by atomic mass is 10.2. The molecule has 0 fully saturated rings. The normalized spacial score (nSPS) is 20.8. The topological polar surface area (TPSA) is 15.6 Å². The predicted molar refractivity (Wildman–Crippen MR) is 58.5 cm³/mol. The van der Waals surface area contributed by atoms with Crippen LogP contribution in [0.1, 0.15) is 26.7 Å². The number of alkyl halides is 1. The second-order valence-electron chi connectivity index (χ2n) is 3.56. The predicted octanol–water partition coefficient (Wildman–Crippen LogP) is 2.41. The Morgan fingerprint density at radius 2 is 2.07 bits per heavy atom. The van der Waals surface area contributed by atoms with Crippen LogP contribution in [0.2, 0.25) is 0 Å². The van der Waals surface area contributed by atoms with Gasteiger partial charge in [-0.15, -0.1) is 0 Å². The third-order valence-corrected chi connectivity index (χ3v) is 2.29. The Morgan fingerprint density at radius 3 is 2.57 bits per heavy atom. The van der Waals surface area contributed by atoms with Crippen molar-refractivity contribution < 1.29 is 4.39 Å². The SMILES string of the molecule is CCCN(CCC)C1=CC=NC[C@@H]1F. The van der Waals surface area contributed by atoms with Crippen LogP contribution in [0.25, 0.3) is 0 Å². The zero-order valence-electron chi connectivity index (χ0n) is 9.04. The van der Waals surface area contributed by atoms with Gasteiger partial charge in [-0.05, 0) is 18.9 Å². The molecule has 0 amide bonds. The van der Waals surface area contributed by atoms with Gasteiger partial charge in [-0.25, -0.2) is 4.39 Å². The number of aliphatic imine (C=N–C) groups is 1. The van der Waals surface area contributed by atoms with Crippen LogP contribution in [0.15, 0.2) is 16.8 Å². The number of rotatable bonds is 5. The molecule has 0 aromatic carbocycles. The summed E-state index contributed by atoms with van der Waals surface area (Å²) in [5.74, 6) is 0. The van der Waals surface area contributed by atoms with Crippen LogP contribution in [0.3, 0.4) is 0 Å². The van der Waals surface area contributed by atoms with Crippen molar-refractivity contribution >= 4 is 6.21 Å². The zero-order chi connectivity index (χ0) is 10.4. The lowest BCUT2D eigenvalue weighted by Gasteiger charge is -2.29. The monoisotopic (exact) mass is 198 g/mol. The number of nitrogens with zero attached hydrogens (tertiary/aromatic N) is 2. The minimum atomic E-state index is -0.905. The third kappa shape index (κ3) is 2.82. The molecule has 0 saturated heterocycles. The number of allylic oxidation sites excluding steroid dienone is 1. The maximum absolute atomic E-state index is 13.5. The van der Waals surface area contributed by atoms with Crippen LogP contribution in [-0.2, 0) is 0 Å². The van der Waals surface area contributed by atoms with Gasteiger partial charge >= 0.3 is 0 Å². The molecule has 1 rings (SSSR count). The first-order chi connectivity index (χ1) is 6.79. The second kappa shape index (κ2) is 5.78. The molecule has 0 radical (unpaired) electrons. The molecule has 1 aliphatic rings. The minimum Gasteiger partial charge on any atom is -0.372 e. The quantitative estimate of drug-likeness (QED) is 0.662. The first kappa shape index (κ1) is 11.2. The Kier molecular flexibility index (Phi) is 4.63. The van der Waals surface area contributed by atoms with Crippen LogP contribution >= 0.6 is 0 Å². The van der Waals surface area contributed by atoms with E-state index in [0.717, 1.165) is 31.6 Å². The lowest BCUT2D eigenvalue weighted by Crippen LogP contribution is -2.32. The molecule has 0 unspecified atom stereocenters. The Hall–Kier alpha value is -0.860. The van der Waals surface area contributed by atoms with E-state index in [4.69, 9.17) is 0 Å². The number of hydrogen-bond acceptors (Lipinski definition) is 2. The van der Waals surface area contributed by atoms with Crippen LogP contribution in [-0.4, -0.2) is 36.9 Å². The molecular formula is C11H19FN2. The lowest BCUT2D eigenvalue weighted by molar-refractivity contribution is 0.259. The van der Waals surface area contributed by atoms with Gasteiger partial charge < -0.3 is 4.90 Å². The van der Waals surface area contributed by atoms with Crippen molar-refractivity contribution in [3.05, 3.63) is 11.8 Å². The highest BCUT2D eigenvalue weighted by Gasteiger charge is 2.19. The van der Waals surface area contributed by atoms with Crippen molar-refractivity contribution in [1.82, 2.24) is 4.90 Å². The summed E-state index contributed by atoms with van der Waals surface area (Å²) < 4.78 is 13.5. The first-order valence-electron chi connectivity index (χ1n) is 5.38. The van der Waals surface area contributed by atoms with Crippen molar-refractivity contribution in [2.45, 2.75) is 32.9 Å². The van der Waals surface area contributed by atoms with Crippen LogP contribution in [0, 0.1) is 0 Å². The van der Waals surface area contributed by atoms with E-state index >= 15 is 0 Å². The summed E-state index contributed by atoms with van der Waals surface area (Å²) in [4.78, 5) is 6.04. The van der Waals surface area contributed by atoms with Crippen molar-refractivity contribution in [2.75, 3.05) is 19.6 Å². The minimum absolute atomic E-state index is 0.287. The Labute approximate surface area is 85.5 Å². The molecule has 3 heteroatoms. The van der Waals surface area contributed by atoms with Crippen molar-refractivity contribution in [3.8, 4) is 0 Å². The highest BCUT2D eigenvalue weighted by Crippen LogP contribution is 2.16. The zero-order valence-corrected chi connectivity index (χ0v) is 9.04. The molecule has 14 heavy (non-hydrogen) atoms. The highest BCUT2D eigenvalue weighted by atomic mass is 19.1. The van der Waals surface area contributed by atoms with E-state index in [1.165, 1.54) is 0 Å². The van der Waals surface area contributed by atoms with Gasteiger partial charge in [-0.1, -0.05) is 13.8 Å². The molecule has 0 saturated carbocycles. The average Bonchev–Trinajstić information content (AvgIpc) is 2.18. The van der Waals surface area contributed by atoms with E-state index in [-0.39, 0.29) is 6.54 Å². The largest absolute Gasteiger partial charge is 0.372 e. The summed E-state index contributed by atoms with van der Waals surface area (Å²) in [6, 6.07) is 0. The van der Waals surface area contributed by atoms with Gasteiger partial charge in [0.25, 0.3) is 0 Å². The Bertz CT molecular complexity index is 217. The molecule has 0 bridgehead atoms. The molecular weight excluding hydrogens is 179 g/mol. The molecule has 80 valence electrons. The first-order valence-corrected chi connectivity index (χ1v) is 5.38. The Morgan fingerprint density at radius 1 is 1.43 bits per heavy atom. The summed E-state index contributed by atoms with van der Waals surface area (Å²) in [6.07, 6.45) is 4.73. The number of hydrogen-bond donors (Lipinski definition) is 0. The summed E-state index contributed by atoms with van der Waals surface area (Å²) in [5, 5.41) is 0. The molecule has 0 spiro atoms. The standard InChI is InChI=1S/C11H19FN2/c1-3-7-14(8-4-2)11-5-6-13-9-10(11)12/h5-6,10H,3-4,7-9H2,1-2H3/t10-/m0/s1.